The molecule has 14 heteroatoms. The van der Waals surface area contributed by atoms with Crippen LogP contribution in [0.2, 0.25) is 0 Å². The molecular formula is C25H24N6O6S2. The van der Waals surface area contributed by atoms with Gasteiger partial charge in [-0.25, -0.2) is 18.4 Å². The molecule has 7 rings (SSSR count). The number of rotatable bonds is 7. The van der Waals surface area contributed by atoms with Crippen molar-refractivity contribution in [1.82, 2.24) is 28.0 Å². The summed E-state index contributed by atoms with van der Waals surface area (Å²) in [6, 6.07) is 11.0. The topological polar surface area (TPSA) is 153 Å². The van der Waals surface area contributed by atoms with Crippen LogP contribution in [0.1, 0.15) is 31.1 Å². The quantitative estimate of drug-likeness (QED) is 0.312. The number of imidazole rings is 1. The lowest BCUT2D eigenvalue weighted by atomic mass is 10.2. The Labute approximate surface area is 223 Å². The van der Waals surface area contributed by atoms with E-state index in [1.165, 1.54) is 28.8 Å². The Morgan fingerprint density at radius 1 is 1.00 bits per heavy atom. The molecule has 1 aliphatic carbocycles. The van der Waals surface area contributed by atoms with E-state index in [0.717, 1.165) is 4.09 Å². The van der Waals surface area contributed by atoms with Gasteiger partial charge in [-0.2, -0.15) is 17.8 Å². The molecule has 1 unspecified atom stereocenters. The molecule has 202 valence electrons. The van der Waals surface area contributed by atoms with Crippen molar-refractivity contribution in [3.8, 4) is 11.6 Å². The highest BCUT2D eigenvalue weighted by Gasteiger charge is 2.43. The van der Waals surface area contributed by atoms with Gasteiger partial charge in [-0.3, -0.25) is 0 Å². The van der Waals surface area contributed by atoms with Gasteiger partial charge in [-0.15, -0.1) is 4.09 Å². The van der Waals surface area contributed by atoms with Gasteiger partial charge in [0.1, 0.15) is 17.9 Å². The standard InChI is InChI=1S/C25H24N6O6S2/c32-15-17-6-9-22(37-17)25-28-21-13-26-24-20(12-27-31(24)39(35,36)18-4-2-1-3-5-18)23(21)30(25)16-10-11-29(14-16)38(33,34)19-7-8-19/h1-6,9,12-13,16,19,32H,7-8,10-11,14-15H2. The van der Waals surface area contributed by atoms with Crippen molar-refractivity contribution >= 4 is 42.1 Å². The first-order valence-electron chi connectivity index (χ1n) is 12.5. The summed E-state index contributed by atoms with van der Waals surface area (Å²) in [6.07, 6.45) is 4.83. The first kappa shape index (κ1) is 24.5. The number of sulfonamides is 1. The number of benzene rings is 1. The third-order valence-electron chi connectivity index (χ3n) is 7.32. The summed E-state index contributed by atoms with van der Waals surface area (Å²) in [4.78, 5) is 9.25. The van der Waals surface area contributed by atoms with Gasteiger partial charge in [0.05, 0.1) is 39.5 Å². The maximum absolute atomic E-state index is 13.4. The molecule has 1 saturated heterocycles. The van der Waals surface area contributed by atoms with Gasteiger partial charge < -0.3 is 14.1 Å². The Kier molecular flexibility index (Phi) is 5.46. The van der Waals surface area contributed by atoms with Crippen LogP contribution in [0.25, 0.3) is 33.7 Å². The van der Waals surface area contributed by atoms with E-state index in [-0.39, 0.29) is 35.0 Å². The molecule has 0 amide bonds. The van der Waals surface area contributed by atoms with Gasteiger partial charge in [-0.1, -0.05) is 18.2 Å². The molecule has 1 saturated carbocycles. The van der Waals surface area contributed by atoms with Crippen LogP contribution in [0.3, 0.4) is 0 Å². The molecule has 12 nitrogen and oxygen atoms in total. The van der Waals surface area contributed by atoms with Gasteiger partial charge in [0, 0.05) is 13.1 Å². The van der Waals surface area contributed by atoms with Crippen molar-refractivity contribution in [2.45, 2.75) is 42.1 Å². The van der Waals surface area contributed by atoms with Crippen LogP contribution in [-0.4, -0.2) is 68.3 Å². The predicted molar refractivity (Wildman–Crippen MR) is 141 cm³/mol. The highest BCUT2D eigenvalue weighted by molar-refractivity contribution is 7.90. The number of aromatic nitrogens is 5. The van der Waals surface area contributed by atoms with Gasteiger partial charge >= 0.3 is 0 Å². The van der Waals surface area contributed by atoms with Gasteiger partial charge in [0.2, 0.25) is 10.0 Å². The lowest BCUT2D eigenvalue weighted by molar-refractivity contribution is 0.248. The van der Waals surface area contributed by atoms with Crippen molar-refractivity contribution < 1.29 is 26.4 Å². The van der Waals surface area contributed by atoms with Crippen molar-refractivity contribution in [3.05, 3.63) is 60.6 Å². The number of fused-ring (bicyclic) bond motifs is 3. The number of furan rings is 1. The molecule has 1 atom stereocenters. The van der Waals surface area contributed by atoms with Crippen LogP contribution in [0.15, 0.2) is 64.2 Å². The average Bonchev–Trinajstić information content (AvgIpc) is 3.32. The molecule has 0 bridgehead atoms. The fourth-order valence-electron chi connectivity index (χ4n) is 5.25. The average molecular weight is 569 g/mol. The van der Waals surface area contributed by atoms with E-state index in [4.69, 9.17) is 9.40 Å². The van der Waals surface area contributed by atoms with Crippen LogP contribution in [0, 0.1) is 0 Å². The van der Waals surface area contributed by atoms with Gasteiger partial charge in [0.15, 0.2) is 17.2 Å². The minimum absolute atomic E-state index is 0.0786. The zero-order valence-electron chi connectivity index (χ0n) is 20.6. The SMILES string of the molecule is O=S(=O)(C1CC1)N1CCC(n2c(-c3ccc(CO)o3)nc3cnc4c(cnn4S(=O)(=O)c4ccccc4)c32)C1. The van der Waals surface area contributed by atoms with E-state index in [1.54, 1.807) is 30.3 Å². The first-order chi connectivity index (χ1) is 18.8. The Hall–Kier alpha value is -3.59. The van der Waals surface area contributed by atoms with Crippen LogP contribution in [0.4, 0.5) is 0 Å². The number of hydrogen-bond acceptors (Lipinski definition) is 9. The minimum atomic E-state index is -4.02. The molecule has 5 heterocycles. The Morgan fingerprint density at radius 3 is 2.51 bits per heavy atom. The summed E-state index contributed by atoms with van der Waals surface area (Å²) in [5, 5.41) is 13.9. The number of aliphatic hydroxyl groups excluding tert-OH is 1. The smallest absolute Gasteiger partial charge is 0.284 e. The van der Waals surface area contributed by atoms with Crippen LogP contribution in [-0.2, 0) is 26.7 Å². The normalized spacial score (nSPS) is 18.9. The van der Waals surface area contributed by atoms with Crippen molar-refractivity contribution in [2.24, 2.45) is 0 Å². The summed E-state index contributed by atoms with van der Waals surface area (Å²) >= 11 is 0. The molecule has 0 spiro atoms. The summed E-state index contributed by atoms with van der Waals surface area (Å²) in [5.74, 6) is 1.20. The van der Waals surface area contributed by atoms with E-state index >= 15 is 0 Å². The van der Waals surface area contributed by atoms with Crippen molar-refractivity contribution in [1.29, 1.82) is 0 Å². The number of pyridine rings is 1. The lowest BCUT2D eigenvalue weighted by Crippen LogP contribution is -2.32. The van der Waals surface area contributed by atoms with E-state index in [2.05, 4.69) is 10.1 Å². The molecular weight excluding hydrogens is 544 g/mol. The first-order valence-corrected chi connectivity index (χ1v) is 15.5. The maximum Gasteiger partial charge on any atom is 0.284 e. The maximum atomic E-state index is 13.4. The summed E-state index contributed by atoms with van der Waals surface area (Å²) < 4.78 is 63.0. The molecule has 0 radical (unpaired) electrons. The van der Waals surface area contributed by atoms with Crippen LogP contribution >= 0.6 is 0 Å². The van der Waals surface area contributed by atoms with Crippen LogP contribution < -0.4 is 0 Å². The fraction of sp³-hybridized carbons (Fsp3) is 0.320. The third kappa shape index (κ3) is 3.81. The number of hydrogen-bond donors (Lipinski definition) is 1. The monoisotopic (exact) mass is 568 g/mol. The molecule has 5 aromatic rings. The number of nitrogens with zero attached hydrogens (tertiary/aromatic N) is 6. The second-order valence-electron chi connectivity index (χ2n) is 9.81. The fourth-order valence-corrected chi connectivity index (χ4v) is 8.39. The van der Waals surface area contributed by atoms with E-state index < -0.39 is 20.0 Å². The van der Waals surface area contributed by atoms with E-state index in [1.807, 2.05) is 4.57 Å². The summed E-state index contributed by atoms with van der Waals surface area (Å²) in [6.45, 7) is 0.344. The Bertz CT molecular complexity index is 1940. The zero-order chi connectivity index (χ0) is 26.9. The van der Waals surface area contributed by atoms with E-state index in [0.29, 0.717) is 59.6 Å². The Morgan fingerprint density at radius 2 is 1.79 bits per heavy atom. The predicted octanol–water partition coefficient (Wildman–Crippen LogP) is 2.51. The molecule has 2 aliphatic rings. The third-order valence-corrected chi connectivity index (χ3v) is 11.3. The van der Waals surface area contributed by atoms with Crippen LogP contribution in [0.5, 0.6) is 0 Å². The van der Waals surface area contributed by atoms with Gasteiger partial charge in [0.25, 0.3) is 10.0 Å². The summed E-state index contributed by atoms with van der Waals surface area (Å²) in [7, 11) is -7.39. The summed E-state index contributed by atoms with van der Waals surface area (Å²) in [5.41, 5.74) is 1.21. The van der Waals surface area contributed by atoms with Gasteiger partial charge in [-0.05, 0) is 43.5 Å². The second-order valence-corrected chi connectivity index (χ2v) is 13.8. The largest absolute Gasteiger partial charge is 0.455 e. The van der Waals surface area contributed by atoms with E-state index in [9.17, 15) is 21.9 Å². The van der Waals surface area contributed by atoms with Crippen molar-refractivity contribution in [2.75, 3.05) is 13.1 Å². The zero-order valence-corrected chi connectivity index (χ0v) is 22.2. The molecule has 4 aromatic heterocycles. The highest BCUT2D eigenvalue weighted by atomic mass is 32.2. The molecule has 1 aliphatic heterocycles. The molecule has 1 aromatic carbocycles. The second kappa shape index (κ2) is 8.71. The lowest BCUT2D eigenvalue weighted by Gasteiger charge is -2.18. The molecule has 2 fully saturated rings. The molecule has 39 heavy (non-hydrogen) atoms. The highest BCUT2D eigenvalue weighted by Crippen LogP contribution is 2.39. The number of aliphatic hydroxyl groups is 1. The Balaban J connectivity index is 1.42. The van der Waals surface area contributed by atoms with Crippen molar-refractivity contribution in [3.63, 3.8) is 0 Å². The minimum Gasteiger partial charge on any atom is -0.455 e. The molecule has 1 N–H and O–H groups in total.